The molecule has 0 unspecified atom stereocenters. The summed E-state index contributed by atoms with van der Waals surface area (Å²) < 4.78 is 6.83. The molecule has 0 fully saturated rings. The van der Waals surface area contributed by atoms with E-state index in [1.54, 1.807) is 48.3 Å². The van der Waals surface area contributed by atoms with E-state index >= 15 is 0 Å². The number of hydrogen-bond donors (Lipinski definition) is 0. The number of nitrogens with zero attached hydrogens (tertiary/aromatic N) is 5. The van der Waals surface area contributed by atoms with E-state index in [1.807, 2.05) is 0 Å². The molecule has 2 aromatic heterocycles. The number of hydrogen-bond acceptors (Lipinski definition) is 6. The summed E-state index contributed by atoms with van der Waals surface area (Å²) >= 11 is 0. The van der Waals surface area contributed by atoms with Crippen molar-refractivity contribution in [2.75, 3.05) is 0 Å². The molecule has 2 heterocycles. The van der Waals surface area contributed by atoms with E-state index in [0.29, 0.717) is 5.75 Å². The van der Waals surface area contributed by atoms with Crippen LogP contribution in [0.5, 0.6) is 5.75 Å². The number of esters is 1. The molecule has 0 N–H and O–H groups in total. The van der Waals surface area contributed by atoms with Gasteiger partial charge in [-0.3, -0.25) is 4.98 Å². The maximum absolute atomic E-state index is 11.9. The summed E-state index contributed by atoms with van der Waals surface area (Å²) in [5.41, 5.74) is 1.73. The van der Waals surface area contributed by atoms with Crippen LogP contribution in [0, 0.1) is 6.92 Å². The molecule has 7 nitrogen and oxygen atoms in total. The zero-order chi connectivity index (χ0) is 14.7. The van der Waals surface area contributed by atoms with Crippen LogP contribution in [-0.4, -0.2) is 30.9 Å². The molecule has 0 amide bonds. The highest BCUT2D eigenvalue weighted by molar-refractivity contribution is 5.88. The summed E-state index contributed by atoms with van der Waals surface area (Å²) in [5, 5.41) is 7.60. The molecule has 0 saturated heterocycles. The van der Waals surface area contributed by atoms with Gasteiger partial charge in [-0.25, -0.2) is 14.5 Å². The maximum atomic E-state index is 11.9. The van der Waals surface area contributed by atoms with E-state index < -0.39 is 5.97 Å². The first-order valence-corrected chi connectivity index (χ1v) is 6.20. The minimum Gasteiger partial charge on any atom is -0.422 e. The van der Waals surface area contributed by atoms with Gasteiger partial charge in [-0.1, -0.05) is 5.21 Å². The highest BCUT2D eigenvalue weighted by atomic mass is 16.5. The SMILES string of the molecule is Cc1cnc(C(=O)Oc2ccc(-n3ccnn3)cc2)cn1. The molecule has 0 aliphatic heterocycles. The minimum atomic E-state index is -0.545. The predicted octanol–water partition coefficient (Wildman–Crippen LogP) is 1.58. The average molecular weight is 281 g/mol. The fourth-order valence-corrected chi connectivity index (χ4v) is 1.67. The van der Waals surface area contributed by atoms with E-state index in [2.05, 4.69) is 20.3 Å². The normalized spacial score (nSPS) is 10.3. The van der Waals surface area contributed by atoms with Crippen molar-refractivity contribution in [1.29, 1.82) is 0 Å². The number of ether oxygens (including phenoxy) is 1. The molecule has 0 atom stereocenters. The number of aromatic nitrogens is 5. The summed E-state index contributed by atoms with van der Waals surface area (Å²) in [6, 6.07) is 6.91. The van der Waals surface area contributed by atoms with E-state index in [4.69, 9.17) is 4.74 Å². The smallest absolute Gasteiger partial charge is 0.363 e. The van der Waals surface area contributed by atoms with Crippen molar-refractivity contribution < 1.29 is 9.53 Å². The van der Waals surface area contributed by atoms with Gasteiger partial charge in [0, 0.05) is 6.20 Å². The van der Waals surface area contributed by atoms with E-state index in [0.717, 1.165) is 11.4 Å². The number of carbonyl (C=O) groups is 1. The topological polar surface area (TPSA) is 82.8 Å². The third kappa shape index (κ3) is 2.92. The summed E-state index contributed by atoms with van der Waals surface area (Å²) in [4.78, 5) is 19.9. The van der Waals surface area contributed by atoms with Crippen molar-refractivity contribution in [3.05, 3.63) is 60.4 Å². The quantitative estimate of drug-likeness (QED) is 0.535. The standard InChI is InChI=1S/C14H11N5O2/c1-10-8-16-13(9-15-10)14(20)21-12-4-2-11(3-5-12)19-7-6-17-18-19/h2-9H,1H3. The van der Waals surface area contributed by atoms with Crippen molar-refractivity contribution in [1.82, 2.24) is 25.0 Å². The Kier molecular flexibility index (Phi) is 3.38. The lowest BCUT2D eigenvalue weighted by atomic mass is 10.3. The molecule has 21 heavy (non-hydrogen) atoms. The van der Waals surface area contributed by atoms with Crippen LogP contribution in [-0.2, 0) is 0 Å². The highest BCUT2D eigenvalue weighted by Gasteiger charge is 2.10. The molecule has 3 rings (SSSR count). The van der Waals surface area contributed by atoms with Gasteiger partial charge in [0.1, 0.15) is 5.75 Å². The first kappa shape index (κ1) is 12.9. The number of carbonyl (C=O) groups excluding carboxylic acids is 1. The van der Waals surface area contributed by atoms with Crippen LogP contribution in [0.2, 0.25) is 0 Å². The lowest BCUT2D eigenvalue weighted by Crippen LogP contribution is -2.11. The molecule has 1 aromatic carbocycles. The van der Waals surface area contributed by atoms with Gasteiger partial charge >= 0.3 is 5.97 Å². The van der Waals surface area contributed by atoms with Crippen LogP contribution in [0.15, 0.2) is 49.1 Å². The molecule has 7 heteroatoms. The largest absolute Gasteiger partial charge is 0.422 e. The second-order valence-electron chi connectivity index (χ2n) is 4.27. The van der Waals surface area contributed by atoms with Gasteiger partial charge in [-0.2, -0.15) is 0 Å². The molecular weight excluding hydrogens is 270 g/mol. The predicted molar refractivity (Wildman–Crippen MR) is 73.1 cm³/mol. The number of benzene rings is 1. The Bertz CT molecular complexity index is 736. The molecule has 0 saturated carbocycles. The van der Waals surface area contributed by atoms with Crippen molar-refractivity contribution in [3.8, 4) is 11.4 Å². The Labute approximate surface area is 120 Å². The van der Waals surface area contributed by atoms with E-state index in [9.17, 15) is 4.79 Å². The molecule has 0 aliphatic carbocycles. The fraction of sp³-hybridized carbons (Fsp3) is 0.0714. The zero-order valence-electron chi connectivity index (χ0n) is 11.2. The zero-order valence-corrected chi connectivity index (χ0v) is 11.2. The summed E-state index contributed by atoms with van der Waals surface area (Å²) in [6.07, 6.45) is 6.22. The Morgan fingerprint density at radius 2 is 1.95 bits per heavy atom. The fourth-order valence-electron chi connectivity index (χ4n) is 1.67. The molecular formula is C14H11N5O2. The second kappa shape index (κ2) is 5.49. The summed E-state index contributed by atoms with van der Waals surface area (Å²) in [5.74, 6) is -0.123. The van der Waals surface area contributed by atoms with Crippen molar-refractivity contribution in [2.24, 2.45) is 0 Å². The molecule has 0 bridgehead atoms. The Balaban J connectivity index is 1.73. The van der Waals surface area contributed by atoms with Crippen molar-refractivity contribution in [2.45, 2.75) is 6.92 Å². The van der Waals surface area contributed by atoms with Gasteiger partial charge in [0.25, 0.3) is 0 Å². The third-order valence-electron chi connectivity index (χ3n) is 2.72. The van der Waals surface area contributed by atoms with Gasteiger partial charge in [-0.05, 0) is 31.2 Å². The first-order chi connectivity index (χ1) is 10.2. The highest BCUT2D eigenvalue weighted by Crippen LogP contribution is 2.15. The molecule has 3 aromatic rings. The molecule has 0 spiro atoms. The van der Waals surface area contributed by atoms with Crippen LogP contribution in [0.4, 0.5) is 0 Å². The monoisotopic (exact) mass is 281 g/mol. The lowest BCUT2D eigenvalue weighted by Gasteiger charge is -2.05. The second-order valence-corrected chi connectivity index (χ2v) is 4.27. The van der Waals surface area contributed by atoms with Crippen molar-refractivity contribution >= 4 is 5.97 Å². The van der Waals surface area contributed by atoms with E-state index in [1.165, 1.54) is 12.4 Å². The first-order valence-electron chi connectivity index (χ1n) is 6.20. The van der Waals surface area contributed by atoms with Crippen LogP contribution in [0.1, 0.15) is 16.2 Å². The maximum Gasteiger partial charge on any atom is 0.363 e. The van der Waals surface area contributed by atoms with Crippen LogP contribution < -0.4 is 4.74 Å². The van der Waals surface area contributed by atoms with Gasteiger partial charge < -0.3 is 4.74 Å². The molecule has 0 radical (unpaired) electrons. The minimum absolute atomic E-state index is 0.168. The Morgan fingerprint density at radius 3 is 2.57 bits per heavy atom. The Hall–Kier alpha value is -3.09. The number of rotatable bonds is 3. The van der Waals surface area contributed by atoms with E-state index in [-0.39, 0.29) is 5.69 Å². The van der Waals surface area contributed by atoms with Gasteiger partial charge in [0.05, 0.1) is 30.0 Å². The van der Waals surface area contributed by atoms with Crippen LogP contribution in [0.3, 0.4) is 0 Å². The van der Waals surface area contributed by atoms with Gasteiger partial charge in [0.15, 0.2) is 5.69 Å². The van der Waals surface area contributed by atoms with Gasteiger partial charge in [0.2, 0.25) is 0 Å². The average Bonchev–Trinajstić information content (AvgIpc) is 3.03. The van der Waals surface area contributed by atoms with Gasteiger partial charge in [-0.15, -0.1) is 5.10 Å². The Morgan fingerprint density at radius 1 is 1.14 bits per heavy atom. The number of aryl methyl sites for hydroxylation is 1. The van der Waals surface area contributed by atoms with Crippen LogP contribution >= 0.6 is 0 Å². The molecule has 104 valence electrons. The molecule has 0 aliphatic rings. The third-order valence-corrected chi connectivity index (χ3v) is 2.72. The summed E-state index contributed by atoms with van der Waals surface area (Å²) in [7, 11) is 0. The summed E-state index contributed by atoms with van der Waals surface area (Å²) in [6.45, 7) is 1.80. The van der Waals surface area contributed by atoms with Crippen LogP contribution in [0.25, 0.3) is 5.69 Å². The lowest BCUT2D eigenvalue weighted by molar-refractivity contribution is 0.0728. The van der Waals surface area contributed by atoms with Crippen molar-refractivity contribution in [3.63, 3.8) is 0 Å².